The number of nitrogens with zero attached hydrogens (tertiary/aromatic N) is 3. The fraction of sp³-hybridized carbons (Fsp3) is 0.533. The van der Waals surface area contributed by atoms with Crippen LogP contribution in [0.4, 0.5) is 0 Å². The summed E-state index contributed by atoms with van der Waals surface area (Å²) in [5.74, 6) is 0.868. The first kappa shape index (κ1) is 20.2. The molecule has 1 fully saturated rings. The average Bonchev–Trinajstić information content (AvgIpc) is 3.22. The Morgan fingerprint density at radius 1 is 1.13 bits per heavy atom. The quantitative estimate of drug-likeness (QED) is 0.420. The third-order valence-corrected chi connectivity index (χ3v) is 4.87. The molecule has 1 aliphatic rings. The van der Waals surface area contributed by atoms with Gasteiger partial charge >= 0.3 is 0 Å². The van der Waals surface area contributed by atoms with E-state index >= 15 is 0 Å². The van der Waals surface area contributed by atoms with E-state index in [-0.39, 0.29) is 30.0 Å². The Bertz CT molecular complexity index is 628. The lowest BCUT2D eigenvalue weighted by atomic mass is 10.2. The molecule has 0 unspecified atom stereocenters. The molecule has 1 saturated carbocycles. The summed E-state index contributed by atoms with van der Waals surface area (Å²) in [6.45, 7) is 0.516. The van der Waals surface area contributed by atoms with E-state index in [1.54, 1.807) is 12.1 Å². The Morgan fingerprint density at radius 3 is 2.09 bits per heavy atom. The molecule has 0 amide bonds. The standard InChI is InChI=1S/C15H24N4O2S.HI/c1-18(2)15(19(3)4)16-11-12-5-9-14(10-6-12)22(20,21)17-13-7-8-13;/h5-6,9-10,13,17H,7-8,11H2,1-4H3;1H. The molecular formula is C15H25IN4O2S. The molecule has 0 aromatic heterocycles. The van der Waals surface area contributed by atoms with Gasteiger partial charge in [0, 0.05) is 34.2 Å². The number of guanidine groups is 1. The lowest BCUT2D eigenvalue weighted by molar-refractivity contribution is 0.479. The van der Waals surface area contributed by atoms with Gasteiger partial charge in [0.15, 0.2) is 5.96 Å². The topological polar surface area (TPSA) is 65.0 Å². The molecule has 0 saturated heterocycles. The molecule has 1 N–H and O–H groups in total. The van der Waals surface area contributed by atoms with Gasteiger partial charge in [0.05, 0.1) is 11.4 Å². The van der Waals surface area contributed by atoms with Gasteiger partial charge in [-0.05, 0) is 30.5 Å². The largest absolute Gasteiger partial charge is 0.349 e. The zero-order chi connectivity index (χ0) is 16.3. The van der Waals surface area contributed by atoms with Gasteiger partial charge in [-0.1, -0.05) is 12.1 Å². The SMILES string of the molecule is CN(C)C(=NCc1ccc(S(=O)(=O)NC2CC2)cc1)N(C)C.I. The number of hydrogen-bond donors (Lipinski definition) is 1. The monoisotopic (exact) mass is 452 g/mol. The Hall–Kier alpha value is -0.870. The van der Waals surface area contributed by atoms with Crippen LogP contribution in [0.2, 0.25) is 0 Å². The van der Waals surface area contributed by atoms with Crippen molar-refractivity contribution in [2.75, 3.05) is 28.2 Å². The predicted octanol–water partition coefficient (Wildman–Crippen LogP) is 1.72. The lowest BCUT2D eigenvalue weighted by Crippen LogP contribution is -2.35. The van der Waals surface area contributed by atoms with Crippen molar-refractivity contribution in [2.45, 2.75) is 30.3 Å². The minimum atomic E-state index is -3.37. The summed E-state index contributed by atoms with van der Waals surface area (Å²) >= 11 is 0. The summed E-state index contributed by atoms with van der Waals surface area (Å²) in [5.41, 5.74) is 0.978. The Labute approximate surface area is 156 Å². The summed E-state index contributed by atoms with van der Waals surface area (Å²) in [4.78, 5) is 8.74. The van der Waals surface area contributed by atoms with E-state index in [2.05, 4.69) is 9.71 Å². The van der Waals surface area contributed by atoms with Crippen LogP contribution in [0.1, 0.15) is 18.4 Å². The van der Waals surface area contributed by atoms with Gasteiger partial charge in [-0.25, -0.2) is 18.1 Å². The highest BCUT2D eigenvalue weighted by Gasteiger charge is 2.27. The first-order valence-corrected chi connectivity index (χ1v) is 8.78. The third-order valence-electron chi connectivity index (χ3n) is 3.34. The number of hydrogen-bond acceptors (Lipinski definition) is 3. The molecule has 1 aromatic carbocycles. The third kappa shape index (κ3) is 5.92. The van der Waals surface area contributed by atoms with Gasteiger partial charge in [-0.2, -0.15) is 0 Å². The van der Waals surface area contributed by atoms with E-state index in [0.717, 1.165) is 24.4 Å². The van der Waals surface area contributed by atoms with E-state index in [9.17, 15) is 8.42 Å². The predicted molar refractivity (Wildman–Crippen MR) is 104 cm³/mol. The molecular weight excluding hydrogens is 427 g/mol. The Morgan fingerprint density at radius 2 is 1.65 bits per heavy atom. The summed E-state index contributed by atoms with van der Waals surface area (Å²) in [5, 5.41) is 0. The zero-order valence-electron chi connectivity index (χ0n) is 14.0. The Kier molecular flexibility index (Phi) is 7.28. The lowest BCUT2D eigenvalue weighted by Gasteiger charge is -2.22. The second kappa shape index (κ2) is 8.29. The van der Waals surface area contributed by atoms with Crippen molar-refractivity contribution in [3.05, 3.63) is 29.8 Å². The van der Waals surface area contributed by atoms with Crippen LogP contribution >= 0.6 is 24.0 Å². The molecule has 23 heavy (non-hydrogen) atoms. The minimum absolute atomic E-state index is 0. The highest BCUT2D eigenvalue weighted by Crippen LogP contribution is 2.22. The molecule has 0 radical (unpaired) electrons. The summed E-state index contributed by atoms with van der Waals surface area (Å²) < 4.78 is 26.9. The number of aliphatic imine (C=N–C) groups is 1. The summed E-state index contributed by atoms with van der Waals surface area (Å²) in [6, 6.07) is 7.03. The average molecular weight is 452 g/mol. The second-order valence-electron chi connectivity index (χ2n) is 5.94. The molecule has 0 atom stereocenters. The van der Waals surface area contributed by atoms with E-state index in [0.29, 0.717) is 11.4 Å². The number of nitrogens with one attached hydrogen (secondary N) is 1. The molecule has 8 heteroatoms. The molecule has 0 spiro atoms. The fourth-order valence-corrected chi connectivity index (χ4v) is 3.41. The summed E-state index contributed by atoms with van der Waals surface area (Å²) in [6.07, 6.45) is 1.87. The fourth-order valence-electron chi connectivity index (χ4n) is 2.11. The Balaban J connectivity index is 0.00000264. The van der Waals surface area contributed by atoms with Crippen LogP contribution in [-0.4, -0.2) is 58.4 Å². The molecule has 1 aliphatic carbocycles. The van der Waals surface area contributed by atoms with E-state index in [4.69, 9.17) is 0 Å². The molecule has 0 heterocycles. The molecule has 0 bridgehead atoms. The minimum Gasteiger partial charge on any atom is -0.349 e. The van der Waals surface area contributed by atoms with Gasteiger partial charge in [0.2, 0.25) is 10.0 Å². The molecule has 0 aliphatic heterocycles. The normalized spacial score (nSPS) is 13.9. The van der Waals surface area contributed by atoms with E-state index < -0.39 is 10.0 Å². The highest BCUT2D eigenvalue weighted by atomic mass is 127. The zero-order valence-corrected chi connectivity index (χ0v) is 17.1. The summed E-state index contributed by atoms with van der Waals surface area (Å²) in [7, 11) is 4.40. The van der Waals surface area contributed by atoms with Gasteiger partial charge in [-0.15, -0.1) is 24.0 Å². The van der Waals surface area contributed by atoms with Crippen LogP contribution in [0.15, 0.2) is 34.2 Å². The highest BCUT2D eigenvalue weighted by molar-refractivity contribution is 14.0. The van der Waals surface area contributed by atoms with Crippen molar-refractivity contribution in [2.24, 2.45) is 4.99 Å². The van der Waals surface area contributed by atoms with Gasteiger partial charge in [0.25, 0.3) is 0 Å². The van der Waals surface area contributed by atoms with Crippen molar-refractivity contribution in [3.63, 3.8) is 0 Å². The van der Waals surface area contributed by atoms with E-state index in [1.807, 2.05) is 50.1 Å². The van der Waals surface area contributed by atoms with Crippen molar-refractivity contribution < 1.29 is 8.42 Å². The van der Waals surface area contributed by atoms with Crippen molar-refractivity contribution in [1.82, 2.24) is 14.5 Å². The smallest absolute Gasteiger partial charge is 0.240 e. The number of rotatable bonds is 5. The maximum absolute atomic E-state index is 12.1. The van der Waals surface area contributed by atoms with Crippen LogP contribution in [0.25, 0.3) is 0 Å². The first-order valence-electron chi connectivity index (χ1n) is 7.30. The number of sulfonamides is 1. The maximum atomic E-state index is 12.1. The van der Waals surface area contributed by atoms with Crippen LogP contribution in [-0.2, 0) is 16.6 Å². The van der Waals surface area contributed by atoms with Gasteiger partial charge < -0.3 is 9.80 Å². The van der Waals surface area contributed by atoms with Crippen molar-refractivity contribution >= 4 is 40.0 Å². The van der Waals surface area contributed by atoms with Crippen LogP contribution in [0, 0.1) is 0 Å². The first-order chi connectivity index (χ1) is 10.3. The van der Waals surface area contributed by atoms with Crippen molar-refractivity contribution in [1.29, 1.82) is 0 Å². The number of benzene rings is 1. The second-order valence-corrected chi connectivity index (χ2v) is 7.66. The molecule has 2 rings (SSSR count). The maximum Gasteiger partial charge on any atom is 0.240 e. The van der Waals surface area contributed by atoms with Crippen LogP contribution in [0.3, 0.4) is 0 Å². The van der Waals surface area contributed by atoms with Crippen molar-refractivity contribution in [3.8, 4) is 0 Å². The van der Waals surface area contributed by atoms with E-state index in [1.165, 1.54) is 0 Å². The molecule has 1 aromatic rings. The van der Waals surface area contributed by atoms with Crippen LogP contribution < -0.4 is 4.72 Å². The van der Waals surface area contributed by atoms with Gasteiger partial charge in [-0.3, -0.25) is 0 Å². The molecule has 130 valence electrons. The van der Waals surface area contributed by atoms with Gasteiger partial charge in [0.1, 0.15) is 0 Å². The number of halogens is 1. The van der Waals surface area contributed by atoms with Crippen LogP contribution in [0.5, 0.6) is 0 Å². The molecule has 6 nitrogen and oxygen atoms in total.